The number of nitriles is 1. The first kappa shape index (κ1) is 27.1. The number of hydrogen-bond donors (Lipinski definition) is 2. The number of halogens is 1. The van der Waals surface area contributed by atoms with E-state index in [-0.39, 0.29) is 18.3 Å². The minimum Gasteiger partial charge on any atom is -0.457 e. The molecule has 0 saturated heterocycles. The summed E-state index contributed by atoms with van der Waals surface area (Å²) < 4.78 is 5.65. The summed E-state index contributed by atoms with van der Waals surface area (Å²) in [5.41, 5.74) is 4.56. The molecule has 4 rings (SSSR count). The highest BCUT2D eigenvalue weighted by atomic mass is 35.5. The molecule has 3 aromatic rings. The van der Waals surface area contributed by atoms with Crippen molar-refractivity contribution in [2.24, 2.45) is 0 Å². The van der Waals surface area contributed by atoms with Gasteiger partial charge in [-0.2, -0.15) is 5.26 Å². The van der Waals surface area contributed by atoms with Gasteiger partial charge in [0.05, 0.1) is 33.9 Å². The highest BCUT2D eigenvalue weighted by Gasteiger charge is 2.35. The fourth-order valence-electron chi connectivity index (χ4n) is 4.14. The standard InChI is InChI=1S/C30H26ClN3O3S/c1-19-7-6-10-24(15-19)34-26(35)18-38-29-25(16-32)28(22-11-13-23(31)14-12-22)27(20(2)33-29)30(36)37-17-21-8-4-3-5-9-21/h3-15,28,33H,17-18H2,1-2H3,(H,34,35). The number of allylic oxidation sites excluding steroid dienone is 2. The van der Waals surface area contributed by atoms with E-state index < -0.39 is 11.9 Å². The van der Waals surface area contributed by atoms with Crippen LogP contribution in [0, 0.1) is 18.3 Å². The molecule has 1 amide bonds. The molecule has 0 saturated carbocycles. The molecule has 8 heteroatoms. The molecule has 38 heavy (non-hydrogen) atoms. The molecule has 1 unspecified atom stereocenters. The average molecular weight is 544 g/mol. The Balaban J connectivity index is 1.59. The van der Waals surface area contributed by atoms with E-state index in [2.05, 4.69) is 16.7 Å². The predicted octanol–water partition coefficient (Wildman–Crippen LogP) is 6.46. The summed E-state index contributed by atoms with van der Waals surface area (Å²) >= 11 is 7.33. The molecule has 0 aliphatic carbocycles. The van der Waals surface area contributed by atoms with Crippen LogP contribution in [-0.2, 0) is 20.9 Å². The van der Waals surface area contributed by atoms with Crippen molar-refractivity contribution in [2.45, 2.75) is 26.4 Å². The van der Waals surface area contributed by atoms with E-state index in [9.17, 15) is 14.9 Å². The number of dihydropyridines is 1. The van der Waals surface area contributed by atoms with E-state index in [1.54, 1.807) is 31.2 Å². The smallest absolute Gasteiger partial charge is 0.337 e. The lowest BCUT2D eigenvalue weighted by atomic mass is 9.82. The first-order valence-electron chi connectivity index (χ1n) is 11.9. The molecule has 2 N–H and O–H groups in total. The van der Waals surface area contributed by atoms with Crippen LogP contribution in [0.15, 0.2) is 101 Å². The minimum absolute atomic E-state index is 0.0792. The van der Waals surface area contributed by atoms with Gasteiger partial charge in [0.1, 0.15) is 6.61 Å². The van der Waals surface area contributed by atoms with Crippen LogP contribution in [0.3, 0.4) is 0 Å². The van der Waals surface area contributed by atoms with Gasteiger partial charge >= 0.3 is 5.97 Å². The number of thioether (sulfide) groups is 1. The number of carbonyl (C=O) groups is 2. The first-order valence-corrected chi connectivity index (χ1v) is 13.3. The van der Waals surface area contributed by atoms with Gasteiger partial charge in [0, 0.05) is 16.4 Å². The third kappa shape index (κ3) is 6.65. The molecule has 6 nitrogen and oxygen atoms in total. The van der Waals surface area contributed by atoms with Crippen LogP contribution in [0.2, 0.25) is 5.02 Å². The first-order chi connectivity index (χ1) is 18.4. The van der Waals surface area contributed by atoms with Crippen LogP contribution in [-0.4, -0.2) is 17.6 Å². The Bertz CT molecular complexity index is 1440. The molecule has 0 radical (unpaired) electrons. The fraction of sp³-hybridized carbons (Fsp3) is 0.167. The Hall–Kier alpha value is -3.99. The molecule has 192 valence electrons. The third-order valence-electron chi connectivity index (χ3n) is 5.93. The zero-order valence-corrected chi connectivity index (χ0v) is 22.5. The number of rotatable bonds is 8. The minimum atomic E-state index is -0.677. The lowest BCUT2D eigenvalue weighted by Crippen LogP contribution is -2.29. The van der Waals surface area contributed by atoms with Gasteiger partial charge in [-0.25, -0.2) is 4.79 Å². The van der Waals surface area contributed by atoms with Crippen molar-refractivity contribution >= 4 is 40.9 Å². The maximum absolute atomic E-state index is 13.3. The molecule has 0 aromatic heterocycles. The van der Waals surface area contributed by atoms with Gasteiger partial charge in [-0.15, -0.1) is 0 Å². The van der Waals surface area contributed by atoms with Crippen LogP contribution in [0.4, 0.5) is 5.69 Å². The quantitative estimate of drug-likeness (QED) is 0.317. The van der Waals surface area contributed by atoms with Crippen molar-refractivity contribution < 1.29 is 14.3 Å². The number of ether oxygens (including phenoxy) is 1. The summed E-state index contributed by atoms with van der Waals surface area (Å²) in [4.78, 5) is 26.0. The van der Waals surface area contributed by atoms with Crippen molar-refractivity contribution in [3.63, 3.8) is 0 Å². The second-order valence-corrected chi connectivity index (χ2v) is 10.2. The number of aryl methyl sites for hydroxylation is 1. The van der Waals surface area contributed by atoms with Gasteiger partial charge in [-0.1, -0.05) is 78.0 Å². The molecule has 0 spiro atoms. The van der Waals surface area contributed by atoms with Gasteiger partial charge in [0.25, 0.3) is 0 Å². The van der Waals surface area contributed by atoms with Gasteiger partial charge in [-0.3, -0.25) is 4.79 Å². The van der Waals surface area contributed by atoms with Crippen molar-refractivity contribution in [1.29, 1.82) is 5.26 Å². The number of nitrogens with zero attached hydrogens (tertiary/aromatic N) is 1. The number of anilines is 1. The summed E-state index contributed by atoms with van der Waals surface area (Å²) in [6.45, 7) is 3.83. The Morgan fingerprint density at radius 3 is 2.47 bits per heavy atom. The van der Waals surface area contributed by atoms with Crippen molar-refractivity contribution in [2.75, 3.05) is 11.1 Å². The Morgan fingerprint density at radius 2 is 1.79 bits per heavy atom. The summed E-state index contributed by atoms with van der Waals surface area (Å²) in [7, 11) is 0. The maximum atomic E-state index is 13.3. The van der Waals surface area contributed by atoms with Crippen LogP contribution < -0.4 is 10.6 Å². The van der Waals surface area contributed by atoms with Gasteiger partial charge in [0.2, 0.25) is 5.91 Å². The maximum Gasteiger partial charge on any atom is 0.337 e. The van der Waals surface area contributed by atoms with Gasteiger partial charge in [0.15, 0.2) is 0 Å². The molecule has 0 bridgehead atoms. The summed E-state index contributed by atoms with van der Waals surface area (Å²) in [6, 6.07) is 26.2. The van der Waals surface area contributed by atoms with Crippen LogP contribution in [0.25, 0.3) is 0 Å². The van der Waals surface area contributed by atoms with Crippen molar-refractivity contribution in [1.82, 2.24) is 5.32 Å². The number of hydrogen-bond acceptors (Lipinski definition) is 6. The Morgan fingerprint density at radius 1 is 1.05 bits per heavy atom. The second kappa shape index (κ2) is 12.5. The Labute approximate surface area is 231 Å². The molecular weight excluding hydrogens is 518 g/mol. The van der Waals surface area contributed by atoms with E-state index in [1.807, 2.05) is 61.5 Å². The molecule has 1 heterocycles. The number of esters is 1. The lowest BCUT2D eigenvalue weighted by Gasteiger charge is -2.29. The van der Waals surface area contributed by atoms with E-state index >= 15 is 0 Å². The summed E-state index contributed by atoms with van der Waals surface area (Å²) in [5.74, 6) is -1.32. The predicted molar refractivity (Wildman–Crippen MR) is 151 cm³/mol. The SMILES string of the molecule is CC1=C(C(=O)OCc2ccccc2)C(c2ccc(Cl)cc2)C(C#N)=C(SCC(=O)Nc2cccc(C)c2)N1. The monoisotopic (exact) mass is 543 g/mol. The Kier molecular flexibility index (Phi) is 8.90. The zero-order valence-electron chi connectivity index (χ0n) is 21.0. The summed E-state index contributed by atoms with van der Waals surface area (Å²) in [6.07, 6.45) is 0. The fourth-order valence-corrected chi connectivity index (χ4v) is 5.16. The molecule has 1 atom stereocenters. The number of carbonyl (C=O) groups excluding carboxylic acids is 2. The van der Waals surface area contributed by atoms with Crippen LogP contribution in [0.1, 0.15) is 29.5 Å². The van der Waals surface area contributed by atoms with E-state index in [0.717, 1.165) is 16.7 Å². The van der Waals surface area contributed by atoms with E-state index in [4.69, 9.17) is 16.3 Å². The van der Waals surface area contributed by atoms with Gasteiger partial charge in [-0.05, 0) is 54.8 Å². The van der Waals surface area contributed by atoms with Crippen LogP contribution in [0.5, 0.6) is 0 Å². The lowest BCUT2D eigenvalue weighted by molar-refractivity contribution is -0.140. The van der Waals surface area contributed by atoms with Gasteiger partial charge < -0.3 is 15.4 Å². The van der Waals surface area contributed by atoms with Crippen molar-refractivity contribution in [3.05, 3.63) is 122 Å². The van der Waals surface area contributed by atoms with E-state index in [1.165, 1.54) is 11.8 Å². The summed E-state index contributed by atoms with van der Waals surface area (Å²) in [5, 5.41) is 17.3. The zero-order chi connectivity index (χ0) is 27.1. The van der Waals surface area contributed by atoms with Crippen LogP contribution >= 0.6 is 23.4 Å². The molecular formula is C30H26ClN3O3S. The van der Waals surface area contributed by atoms with E-state index in [0.29, 0.717) is 32.6 Å². The average Bonchev–Trinajstić information content (AvgIpc) is 2.91. The molecule has 1 aliphatic rings. The third-order valence-corrected chi connectivity index (χ3v) is 7.20. The number of nitrogens with one attached hydrogen (secondary N) is 2. The normalized spacial score (nSPS) is 14.9. The molecule has 3 aromatic carbocycles. The molecule has 0 fully saturated rings. The topological polar surface area (TPSA) is 91.2 Å². The van der Waals surface area contributed by atoms with Crippen molar-refractivity contribution in [3.8, 4) is 6.07 Å². The highest BCUT2D eigenvalue weighted by Crippen LogP contribution is 2.41. The number of amides is 1. The number of benzene rings is 3. The molecule has 1 aliphatic heterocycles. The highest BCUT2D eigenvalue weighted by molar-refractivity contribution is 8.03. The largest absolute Gasteiger partial charge is 0.457 e. The second-order valence-electron chi connectivity index (χ2n) is 8.77.